The largest absolute Gasteiger partial charge is 0.354 e. The van der Waals surface area contributed by atoms with Crippen LogP contribution in [0.4, 0.5) is 5.69 Å². The second-order valence-electron chi connectivity index (χ2n) is 12.3. The maximum atomic E-state index is 13.2. The van der Waals surface area contributed by atoms with Crippen molar-refractivity contribution in [2.45, 2.75) is 84.3 Å². The Kier molecular flexibility index (Phi) is 9.01. The molecular formula is C33H45N5O2. The number of rotatable bonds is 7. The summed E-state index contributed by atoms with van der Waals surface area (Å²) in [5.74, 6) is 1.50. The number of benzene rings is 2. The van der Waals surface area contributed by atoms with Crippen molar-refractivity contribution in [1.29, 1.82) is 0 Å². The Bertz CT molecular complexity index is 1220. The molecule has 3 N–H and O–H groups in total. The van der Waals surface area contributed by atoms with E-state index in [0.29, 0.717) is 17.9 Å². The van der Waals surface area contributed by atoms with Crippen LogP contribution in [0, 0.1) is 18.8 Å². The van der Waals surface area contributed by atoms with Gasteiger partial charge in [-0.15, -0.1) is 0 Å². The number of amidine groups is 1. The summed E-state index contributed by atoms with van der Waals surface area (Å²) in [4.78, 5) is 35.5. The third kappa shape index (κ3) is 6.64. The van der Waals surface area contributed by atoms with Crippen molar-refractivity contribution < 1.29 is 9.59 Å². The van der Waals surface area contributed by atoms with Crippen LogP contribution in [0.3, 0.4) is 0 Å². The molecule has 2 aliphatic heterocycles. The van der Waals surface area contributed by atoms with Crippen molar-refractivity contribution in [2.75, 3.05) is 24.5 Å². The molecule has 1 saturated heterocycles. The van der Waals surface area contributed by atoms with Crippen molar-refractivity contribution in [3.05, 3.63) is 64.7 Å². The average Bonchev–Trinajstić information content (AvgIpc) is 3.30. The monoisotopic (exact) mass is 543 g/mol. The zero-order chi connectivity index (χ0) is 28.2. The Morgan fingerprint density at radius 2 is 1.70 bits per heavy atom. The molecule has 214 valence electrons. The number of nitrogens with two attached hydrogens (primary N) is 1. The normalized spacial score (nSPS) is 23.0. The van der Waals surface area contributed by atoms with Gasteiger partial charge in [-0.05, 0) is 114 Å². The van der Waals surface area contributed by atoms with Gasteiger partial charge in [0.1, 0.15) is 5.84 Å². The molecule has 2 fully saturated rings. The van der Waals surface area contributed by atoms with Crippen molar-refractivity contribution in [3.8, 4) is 0 Å². The van der Waals surface area contributed by atoms with E-state index in [-0.39, 0.29) is 29.8 Å². The molecule has 3 aliphatic rings. The van der Waals surface area contributed by atoms with Crippen molar-refractivity contribution in [3.63, 3.8) is 0 Å². The zero-order valence-electron chi connectivity index (χ0n) is 24.4. The van der Waals surface area contributed by atoms with Crippen LogP contribution < -0.4 is 16.0 Å². The van der Waals surface area contributed by atoms with Gasteiger partial charge in [0.15, 0.2) is 0 Å². The molecule has 2 aromatic carbocycles. The number of hydrogen-bond acceptors (Lipinski definition) is 4. The van der Waals surface area contributed by atoms with Gasteiger partial charge < -0.3 is 16.0 Å². The van der Waals surface area contributed by atoms with Gasteiger partial charge in [0.25, 0.3) is 5.91 Å². The number of piperidine rings is 1. The summed E-state index contributed by atoms with van der Waals surface area (Å²) < 4.78 is 0. The highest BCUT2D eigenvalue weighted by atomic mass is 16.2. The van der Waals surface area contributed by atoms with Gasteiger partial charge in [0.05, 0.1) is 0 Å². The zero-order valence-corrected chi connectivity index (χ0v) is 24.4. The van der Waals surface area contributed by atoms with Crippen molar-refractivity contribution >= 4 is 23.3 Å². The van der Waals surface area contributed by atoms with E-state index in [0.717, 1.165) is 63.3 Å². The van der Waals surface area contributed by atoms with Gasteiger partial charge >= 0.3 is 0 Å². The number of nitrogens with one attached hydrogen (secondary N) is 1. The average molecular weight is 544 g/mol. The molecule has 0 atom stereocenters. The molecule has 0 unspecified atom stereocenters. The van der Waals surface area contributed by atoms with E-state index < -0.39 is 0 Å². The number of anilines is 1. The van der Waals surface area contributed by atoms with Gasteiger partial charge in [0.2, 0.25) is 5.91 Å². The number of nitrogens with zero attached hydrogens (tertiary/aromatic N) is 3. The van der Waals surface area contributed by atoms with E-state index >= 15 is 0 Å². The first-order valence-corrected chi connectivity index (χ1v) is 15.1. The van der Waals surface area contributed by atoms with E-state index in [2.05, 4.69) is 33.3 Å². The van der Waals surface area contributed by atoms with Gasteiger partial charge in [-0.1, -0.05) is 29.8 Å². The Balaban J connectivity index is 1.37. The summed E-state index contributed by atoms with van der Waals surface area (Å²) >= 11 is 0. The van der Waals surface area contributed by atoms with Crippen molar-refractivity contribution in [2.24, 2.45) is 22.6 Å². The lowest BCUT2D eigenvalue weighted by molar-refractivity contribution is -0.126. The van der Waals surface area contributed by atoms with Gasteiger partial charge in [-0.25, -0.2) is 0 Å². The minimum atomic E-state index is -0.194. The Hall–Kier alpha value is -3.03. The van der Waals surface area contributed by atoms with E-state index in [1.807, 2.05) is 45.0 Å². The molecule has 7 heteroatoms. The predicted octanol–water partition coefficient (Wildman–Crippen LogP) is 4.85. The van der Waals surface area contributed by atoms with Gasteiger partial charge in [-0.3, -0.25) is 14.5 Å². The topological polar surface area (TPSA) is 91.0 Å². The summed E-state index contributed by atoms with van der Waals surface area (Å²) in [5, 5.41) is 3.09. The van der Waals surface area contributed by atoms with Gasteiger partial charge in [0, 0.05) is 42.2 Å². The number of likely N-dealkylation sites (tertiary alicyclic amines) is 1. The maximum absolute atomic E-state index is 13.2. The number of carbonyl (C=O) groups is 2. The summed E-state index contributed by atoms with van der Waals surface area (Å²) in [6.07, 6.45) is 6.50. The lowest BCUT2D eigenvalue weighted by Crippen LogP contribution is -2.44. The quantitative estimate of drug-likeness (QED) is 0.521. The highest BCUT2D eigenvalue weighted by Gasteiger charge is 2.36. The van der Waals surface area contributed by atoms with Crippen LogP contribution in [-0.2, 0) is 17.8 Å². The number of carbonyl (C=O) groups excluding carboxylic acids is 2. The molecule has 2 aromatic rings. The third-order valence-electron chi connectivity index (χ3n) is 8.88. The molecule has 1 saturated carbocycles. The molecular weight excluding hydrogens is 498 g/mol. The number of aliphatic imine (C=N–C) groups is 1. The van der Waals surface area contributed by atoms with E-state index in [9.17, 15) is 9.59 Å². The lowest BCUT2D eigenvalue weighted by atomic mass is 9.84. The number of aryl methyl sites for hydroxylation is 1. The van der Waals surface area contributed by atoms with Crippen LogP contribution >= 0.6 is 0 Å². The minimum Gasteiger partial charge on any atom is -0.354 e. The highest BCUT2D eigenvalue weighted by Crippen LogP contribution is 2.38. The molecule has 0 aromatic heterocycles. The van der Waals surface area contributed by atoms with E-state index in [1.165, 1.54) is 29.7 Å². The minimum absolute atomic E-state index is 0.0538. The first kappa shape index (κ1) is 28.5. The van der Waals surface area contributed by atoms with Crippen LogP contribution in [0.15, 0.2) is 47.5 Å². The third-order valence-corrected chi connectivity index (χ3v) is 8.88. The fourth-order valence-corrected chi connectivity index (χ4v) is 6.49. The first-order valence-electron chi connectivity index (χ1n) is 15.1. The summed E-state index contributed by atoms with van der Waals surface area (Å²) in [5.41, 5.74) is 11.3. The fourth-order valence-electron chi connectivity index (χ4n) is 6.49. The Morgan fingerprint density at radius 3 is 2.35 bits per heavy atom. The molecule has 0 spiro atoms. The second kappa shape index (κ2) is 12.6. The van der Waals surface area contributed by atoms with Crippen LogP contribution in [0.5, 0.6) is 0 Å². The highest BCUT2D eigenvalue weighted by molar-refractivity contribution is 6.12. The first-order chi connectivity index (χ1) is 19.3. The summed E-state index contributed by atoms with van der Waals surface area (Å²) in [7, 11) is 0. The number of hydrogen-bond donors (Lipinski definition) is 2. The molecule has 5 rings (SSSR count). The Labute approximate surface area is 239 Å². The number of fused-ring (bicyclic) bond motifs is 1. The fraction of sp³-hybridized carbons (Fsp3) is 0.545. The molecule has 7 nitrogen and oxygen atoms in total. The SMILES string of the molecule is Cc1ccc(C(=O)N=C2Cc3ccc(CN4CCC(CN)CC4)cc3N2C2CCC(C(=O)NC(C)C)CC2)cc1. The molecule has 0 radical (unpaired) electrons. The van der Waals surface area contributed by atoms with Crippen LogP contribution in [0.1, 0.15) is 79.4 Å². The van der Waals surface area contributed by atoms with Crippen LogP contribution in [-0.4, -0.2) is 54.3 Å². The van der Waals surface area contributed by atoms with Crippen LogP contribution in [0.2, 0.25) is 0 Å². The summed E-state index contributed by atoms with van der Waals surface area (Å²) in [6.45, 7) is 9.92. The smallest absolute Gasteiger partial charge is 0.278 e. The maximum Gasteiger partial charge on any atom is 0.278 e. The molecule has 40 heavy (non-hydrogen) atoms. The standard InChI is InChI=1S/C33H45N5O2/c1-22(2)35-32(39)27-10-12-29(13-11-27)38-30-18-25(21-37-16-14-24(20-34)15-17-37)6-9-28(30)19-31(38)36-33(40)26-7-4-23(3)5-8-26/h4-9,18,22,24,27,29H,10-17,19-21,34H2,1-3H3,(H,35,39). The Morgan fingerprint density at radius 1 is 1.00 bits per heavy atom. The molecule has 2 amide bonds. The second-order valence-corrected chi connectivity index (χ2v) is 12.3. The van der Waals surface area contributed by atoms with Gasteiger partial charge in [-0.2, -0.15) is 4.99 Å². The lowest BCUT2D eigenvalue weighted by Gasteiger charge is -2.36. The van der Waals surface area contributed by atoms with Crippen molar-refractivity contribution in [1.82, 2.24) is 10.2 Å². The molecule has 2 heterocycles. The number of amides is 2. The molecule has 0 bridgehead atoms. The molecule has 1 aliphatic carbocycles. The van der Waals surface area contributed by atoms with Crippen LogP contribution in [0.25, 0.3) is 0 Å². The summed E-state index contributed by atoms with van der Waals surface area (Å²) in [6, 6.07) is 14.8. The van der Waals surface area contributed by atoms with E-state index in [1.54, 1.807) is 0 Å². The predicted molar refractivity (Wildman–Crippen MR) is 162 cm³/mol. The van der Waals surface area contributed by atoms with E-state index in [4.69, 9.17) is 10.7 Å².